The van der Waals surface area contributed by atoms with E-state index in [-0.39, 0.29) is 0 Å². The highest BCUT2D eigenvalue weighted by atomic mass is 79.9. The SMILES string of the molecule is CCCCCCCCCCCCCCCCCC(O)(Br)Br. The van der Waals surface area contributed by atoms with Crippen molar-refractivity contribution >= 4 is 31.9 Å². The molecule has 0 spiro atoms. The lowest BCUT2D eigenvalue weighted by Gasteiger charge is -2.11. The summed E-state index contributed by atoms with van der Waals surface area (Å²) in [6.07, 6.45) is 21.5. The minimum absolute atomic E-state index is 0.783. The summed E-state index contributed by atoms with van der Waals surface area (Å²) >= 11 is 6.38. The van der Waals surface area contributed by atoms with Gasteiger partial charge < -0.3 is 5.11 Å². The molecule has 0 aromatic heterocycles. The first-order chi connectivity index (χ1) is 10.1. The van der Waals surface area contributed by atoms with E-state index in [9.17, 15) is 5.11 Å². The van der Waals surface area contributed by atoms with Crippen LogP contribution in [0.5, 0.6) is 0 Å². The first-order valence-corrected chi connectivity index (χ1v) is 10.7. The molecule has 0 aromatic rings. The maximum Gasteiger partial charge on any atom is 0.174 e. The predicted molar refractivity (Wildman–Crippen MR) is 102 cm³/mol. The van der Waals surface area contributed by atoms with Crippen molar-refractivity contribution in [2.45, 2.75) is 113 Å². The summed E-state index contributed by atoms with van der Waals surface area (Å²) in [6.45, 7) is 2.28. The zero-order valence-corrected chi connectivity index (χ0v) is 17.2. The van der Waals surface area contributed by atoms with E-state index in [1.807, 2.05) is 0 Å². The summed E-state index contributed by atoms with van der Waals surface area (Å²) in [5.74, 6) is 0. The first kappa shape index (κ1) is 21.9. The van der Waals surface area contributed by atoms with Crippen molar-refractivity contribution in [2.75, 3.05) is 0 Å². The Labute approximate surface area is 149 Å². The second-order valence-corrected chi connectivity index (χ2v) is 10.1. The van der Waals surface area contributed by atoms with Crippen molar-refractivity contribution < 1.29 is 5.11 Å². The molecule has 0 heterocycles. The van der Waals surface area contributed by atoms with E-state index in [0.29, 0.717) is 0 Å². The van der Waals surface area contributed by atoms with Crippen LogP contribution in [0.15, 0.2) is 0 Å². The molecule has 0 aromatic carbocycles. The molecule has 0 atom stereocenters. The van der Waals surface area contributed by atoms with Crippen LogP contribution >= 0.6 is 31.9 Å². The van der Waals surface area contributed by atoms with Crippen LogP contribution in [0.25, 0.3) is 0 Å². The standard InChI is InChI=1S/C18H36Br2O/c1-2-3-4-5-6-7-8-9-10-11-12-13-14-15-16-17-18(19,20)21/h21H,2-17H2,1H3. The molecule has 21 heavy (non-hydrogen) atoms. The molecular formula is C18H36Br2O. The van der Waals surface area contributed by atoms with Crippen LogP contribution in [0, 0.1) is 0 Å². The Hall–Kier alpha value is 0.920. The monoisotopic (exact) mass is 426 g/mol. The zero-order chi connectivity index (χ0) is 15.8. The van der Waals surface area contributed by atoms with Crippen LogP contribution in [0.4, 0.5) is 0 Å². The van der Waals surface area contributed by atoms with Crippen molar-refractivity contribution in [3.05, 3.63) is 0 Å². The predicted octanol–water partition coefficient (Wildman–Crippen LogP) is 7.68. The van der Waals surface area contributed by atoms with Crippen molar-refractivity contribution in [3.63, 3.8) is 0 Å². The van der Waals surface area contributed by atoms with E-state index in [1.165, 1.54) is 89.9 Å². The number of hydrogen-bond acceptors (Lipinski definition) is 1. The van der Waals surface area contributed by atoms with Crippen molar-refractivity contribution in [2.24, 2.45) is 0 Å². The molecular weight excluding hydrogens is 392 g/mol. The van der Waals surface area contributed by atoms with E-state index in [2.05, 4.69) is 38.8 Å². The summed E-state index contributed by atoms with van der Waals surface area (Å²) in [5.41, 5.74) is 0. The van der Waals surface area contributed by atoms with Gasteiger partial charge in [0.25, 0.3) is 0 Å². The van der Waals surface area contributed by atoms with Gasteiger partial charge in [-0.05, 0) is 44.7 Å². The Morgan fingerprint density at radius 1 is 0.571 bits per heavy atom. The minimum atomic E-state index is -0.837. The normalized spacial score (nSPS) is 12.0. The maximum absolute atomic E-state index is 9.45. The van der Waals surface area contributed by atoms with Gasteiger partial charge in [-0.1, -0.05) is 96.8 Å². The van der Waals surface area contributed by atoms with Gasteiger partial charge in [0, 0.05) is 0 Å². The van der Waals surface area contributed by atoms with Crippen LogP contribution < -0.4 is 0 Å². The van der Waals surface area contributed by atoms with Crippen molar-refractivity contribution in [3.8, 4) is 0 Å². The smallest absolute Gasteiger partial charge is 0.174 e. The molecule has 3 heteroatoms. The van der Waals surface area contributed by atoms with Gasteiger partial charge in [0.15, 0.2) is 3.42 Å². The lowest BCUT2D eigenvalue weighted by molar-refractivity contribution is 0.229. The highest BCUT2D eigenvalue weighted by Crippen LogP contribution is 2.28. The molecule has 0 aliphatic heterocycles. The Bertz CT molecular complexity index is 202. The molecule has 128 valence electrons. The van der Waals surface area contributed by atoms with E-state index >= 15 is 0 Å². The fraction of sp³-hybridized carbons (Fsp3) is 1.00. The zero-order valence-electron chi connectivity index (χ0n) is 14.0. The Morgan fingerprint density at radius 3 is 1.14 bits per heavy atom. The van der Waals surface area contributed by atoms with Gasteiger partial charge in [-0.15, -0.1) is 0 Å². The topological polar surface area (TPSA) is 20.2 Å². The van der Waals surface area contributed by atoms with Gasteiger partial charge in [0.05, 0.1) is 0 Å². The maximum atomic E-state index is 9.45. The number of aliphatic hydroxyl groups is 1. The van der Waals surface area contributed by atoms with E-state index in [4.69, 9.17) is 0 Å². The van der Waals surface area contributed by atoms with Crippen LogP contribution in [0.1, 0.15) is 110 Å². The van der Waals surface area contributed by atoms with Crippen LogP contribution in [-0.2, 0) is 0 Å². The van der Waals surface area contributed by atoms with Gasteiger partial charge >= 0.3 is 0 Å². The van der Waals surface area contributed by atoms with Crippen molar-refractivity contribution in [1.29, 1.82) is 0 Å². The highest BCUT2D eigenvalue weighted by molar-refractivity contribution is 9.25. The van der Waals surface area contributed by atoms with Gasteiger partial charge in [0.2, 0.25) is 0 Å². The molecule has 0 saturated heterocycles. The first-order valence-electron chi connectivity index (χ1n) is 9.16. The molecule has 0 aliphatic rings. The van der Waals surface area contributed by atoms with Crippen LogP contribution in [0.2, 0.25) is 0 Å². The third-order valence-corrected chi connectivity index (χ3v) is 4.87. The lowest BCUT2D eigenvalue weighted by atomic mass is 10.0. The molecule has 0 bridgehead atoms. The number of rotatable bonds is 16. The average molecular weight is 428 g/mol. The number of alkyl halides is 2. The summed E-state index contributed by atoms with van der Waals surface area (Å²) in [7, 11) is 0. The second-order valence-electron chi connectivity index (χ2n) is 6.37. The van der Waals surface area contributed by atoms with Crippen LogP contribution in [0.3, 0.4) is 0 Å². The van der Waals surface area contributed by atoms with Crippen molar-refractivity contribution in [1.82, 2.24) is 0 Å². The third kappa shape index (κ3) is 20.9. The molecule has 0 rings (SSSR count). The van der Waals surface area contributed by atoms with Gasteiger partial charge in [0.1, 0.15) is 0 Å². The molecule has 0 amide bonds. The average Bonchev–Trinajstić information content (AvgIpc) is 2.42. The fourth-order valence-corrected chi connectivity index (χ4v) is 3.27. The fourth-order valence-electron chi connectivity index (χ4n) is 2.71. The molecule has 0 fully saturated rings. The number of halogens is 2. The Morgan fingerprint density at radius 2 is 0.857 bits per heavy atom. The summed E-state index contributed by atoms with van der Waals surface area (Å²) in [5, 5.41) is 9.45. The minimum Gasteiger partial charge on any atom is -0.369 e. The molecule has 1 N–H and O–H groups in total. The number of hydrogen-bond donors (Lipinski definition) is 1. The Kier molecular flexibility index (Phi) is 16.5. The molecule has 0 radical (unpaired) electrons. The summed E-state index contributed by atoms with van der Waals surface area (Å²) < 4.78 is -0.837. The van der Waals surface area contributed by atoms with Gasteiger partial charge in [-0.3, -0.25) is 0 Å². The molecule has 0 saturated carbocycles. The van der Waals surface area contributed by atoms with Gasteiger partial charge in [-0.2, -0.15) is 0 Å². The highest BCUT2D eigenvalue weighted by Gasteiger charge is 2.15. The quantitative estimate of drug-likeness (QED) is 0.197. The van der Waals surface area contributed by atoms with E-state index in [0.717, 1.165) is 12.8 Å². The summed E-state index contributed by atoms with van der Waals surface area (Å²) in [6, 6.07) is 0. The molecule has 1 nitrogen and oxygen atoms in total. The lowest BCUT2D eigenvalue weighted by Crippen LogP contribution is -2.08. The van der Waals surface area contributed by atoms with E-state index < -0.39 is 3.42 Å². The molecule has 0 unspecified atom stereocenters. The Balaban J connectivity index is 3.00. The van der Waals surface area contributed by atoms with E-state index in [1.54, 1.807) is 0 Å². The van der Waals surface area contributed by atoms with Gasteiger partial charge in [-0.25, -0.2) is 0 Å². The van der Waals surface area contributed by atoms with Crippen LogP contribution in [-0.4, -0.2) is 8.53 Å². The number of unbranched alkanes of at least 4 members (excludes halogenated alkanes) is 14. The largest absolute Gasteiger partial charge is 0.369 e. The summed E-state index contributed by atoms with van der Waals surface area (Å²) in [4.78, 5) is 0. The third-order valence-electron chi connectivity index (χ3n) is 4.08. The second kappa shape index (κ2) is 15.8. The molecule has 0 aliphatic carbocycles.